The molecule has 0 fully saturated rings. The molecule has 1 heterocycles. The normalized spacial score (nSPS) is 17.0. The summed E-state index contributed by atoms with van der Waals surface area (Å²) in [6.07, 6.45) is -4.00. The van der Waals surface area contributed by atoms with E-state index in [1.54, 1.807) is 0 Å². The lowest BCUT2D eigenvalue weighted by Crippen LogP contribution is -2.31. The van der Waals surface area contributed by atoms with Crippen molar-refractivity contribution in [3.05, 3.63) is 34.6 Å². The van der Waals surface area contributed by atoms with Crippen LogP contribution in [0.1, 0.15) is 23.6 Å². The minimum atomic E-state index is -4.48. The molecule has 1 aliphatic rings. The lowest BCUT2D eigenvalue weighted by Gasteiger charge is -2.28. The summed E-state index contributed by atoms with van der Waals surface area (Å²) in [5, 5.41) is 0. The van der Waals surface area contributed by atoms with Gasteiger partial charge in [0.15, 0.2) is 0 Å². The van der Waals surface area contributed by atoms with Crippen LogP contribution in [-0.2, 0) is 19.1 Å². The van der Waals surface area contributed by atoms with E-state index < -0.39 is 17.6 Å². The van der Waals surface area contributed by atoms with Crippen LogP contribution in [0.25, 0.3) is 0 Å². The summed E-state index contributed by atoms with van der Waals surface area (Å²) >= 11 is 0. The molecule has 2 rings (SSSR count). The van der Waals surface area contributed by atoms with Crippen molar-refractivity contribution < 1.29 is 17.6 Å². The quantitative estimate of drug-likeness (QED) is 0.689. The molecule has 0 atom stereocenters. The second-order valence-electron chi connectivity index (χ2n) is 4.21. The molecule has 0 aromatic heterocycles. The van der Waals surface area contributed by atoms with Crippen molar-refractivity contribution >= 4 is 0 Å². The molecule has 17 heavy (non-hydrogen) atoms. The highest BCUT2D eigenvalue weighted by Gasteiger charge is 2.33. The summed E-state index contributed by atoms with van der Waals surface area (Å²) in [5.41, 5.74) is -0.000159. The molecular weight excluding hydrogens is 234 g/mol. The molecule has 0 radical (unpaired) electrons. The third-order valence-corrected chi connectivity index (χ3v) is 3.13. The molecule has 94 valence electrons. The van der Waals surface area contributed by atoms with Gasteiger partial charge in [0, 0.05) is 13.1 Å². The maximum atomic E-state index is 13.6. The Kier molecular flexibility index (Phi) is 3.12. The Morgan fingerprint density at radius 3 is 2.59 bits per heavy atom. The molecule has 1 aliphatic heterocycles. The smallest absolute Gasteiger partial charge is 0.299 e. The fourth-order valence-electron chi connectivity index (χ4n) is 2.14. The molecule has 5 heteroatoms. The van der Waals surface area contributed by atoms with Crippen molar-refractivity contribution in [3.63, 3.8) is 0 Å². The summed E-state index contributed by atoms with van der Waals surface area (Å²) in [6, 6.07) is 1.67. The lowest BCUT2D eigenvalue weighted by molar-refractivity contribution is -0.137. The van der Waals surface area contributed by atoms with Crippen LogP contribution in [0.15, 0.2) is 12.1 Å². The minimum Gasteiger partial charge on any atom is -0.299 e. The van der Waals surface area contributed by atoms with Crippen LogP contribution in [0.3, 0.4) is 0 Å². The predicted molar refractivity (Wildman–Crippen MR) is 56.1 cm³/mol. The van der Waals surface area contributed by atoms with Crippen molar-refractivity contribution in [1.82, 2.24) is 4.90 Å². The second-order valence-corrected chi connectivity index (χ2v) is 4.21. The van der Waals surface area contributed by atoms with Gasteiger partial charge in [-0.2, -0.15) is 13.2 Å². The third kappa shape index (κ3) is 2.44. The average Bonchev–Trinajstić information content (AvgIpc) is 2.27. The van der Waals surface area contributed by atoms with Gasteiger partial charge in [0.05, 0.1) is 5.56 Å². The molecule has 0 aliphatic carbocycles. The monoisotopic (exact) mass is 247 g/mol. The van der Waals surface area contributed by atoms with E-state index in [0.29, 0.717) is 36.7 Å². The number of hydrogen-bond acceptors (Lipinski definition) is 1. The van der Waals surface area contributed by atoms with Crippen LogP contribution in [0.2, 0.25) is 0 Å². The predicted octanol–water partition coefficient (Wildman–Crippen LogP) is 3.22. The number of hydrogen-bond donors (Lipinski definition) is 0. The Balaban J connectivity index is 2.42. The van der Waals surface area contributed by atoms with Gasteiger partial charge in [0.25, 0.3) is 0 Å². The number of likely N-dealkylation sites (N-methyl/N-ethyl adjacent to an activating group) is 1. The Bertz CT molecular complexity index is 425. The maximum Gasteiger partial charge on any atom is 0.416 e. The zero-order chi connectivity index (χ0) is 12.6. The van der Waals surface area contributed by atoms with Gasteiger partial charge in [0.2, 0.25) is 0 Å². The summed E-state index contributed by atoms with van der Waals surface area (Å²) in [6.45, 7) is 3.80. The lowest BCUT2D eigenvalue weighted by atomic mass is 9.96. The van der Waals surface area contributed by atoms with Crippen LogP contribution >= 0.6 is 0 Å². The van der Waals surface area contributed by atoms with Crippen LogP contribution in [0, 0.1) is 5.82 Å². The van der Waals surface area contributed by atoms with E-state index in [0.717, 1.165) is 12.6 Å². The van der Waals surface area contributed by atoms with Crippen LogP contribution in [0.5, 0.6) is 0 Å². The Hall–Kier alpha value is -1.10. The highest BCUT2D eigenvalue weighted by atomic mass is 19.4. The maximum absolute atomic E-state index is 13.6. The van der Waals surface area contributed by atoms with Gasteiger partial charge in [-0.3, -0.25) is 4.90 Å². The number of alkyl halides is 3. The van der Waals surface area contributed by atoms with Gasteiger partial charge in [-0.1, -0.05) is 6.92 Å². The fraction of sp³-hybridized carbons (Fsp3) is 0.500. The number of halogens is 4. The van der Waals surface area contributed by atoms with Gasteiger partial charge in [0.1, 0.15) is 5.82 Å². The molecule has 1 nitrogen and oxygen atoms in total. The molecule has 0 amide bonds. The zero-order valence-electron chi connectivity index (χ0n) is 9.44. The van der Waals surface area contributed by atoms with Gasteiger partial charge >= 0.3 is 6.18 Å². The standard InChI is InChI=1S/C12H13F4N/c1-2-17-4-3-10-8(7-17)5-9(6-11(10)13)12(14,15)16/h5-6H,2-4,7H2,1H3. The van der Waals surface area contributed by atoms with Gasteiger partial charge in [-0.15, -0.1) is 0 Å². The second kappa shape index (κ2) is 4.29. The summed E-state index contributed by atoms with van der Waals surface area (Å²) in [5.74, 6) is -0.731. The van der Waals surface area contributed by atoms with Crippen molar-refractivity contribution in [1.29, 1.82) is 0 Å². The first-order chi connectivity index (χ1) is 7.91. The van der Waals surface area contributed by atoms with E-state index in [-0.39, 0.29) is 0 Å². The average molecular weight is 247 g/mol. The Morgan fingerprint density at radius 2 is 2.00 bits per heavy atom. The van der Waals surface area contributed by atoms with Crippen molar-refractivity contribution in [3.8, 4) is 0 Å². The van der Waals surface area contributed by atoms with E-state index in [2.05, 4.69) is 0 Å². The number of benzene rings is 1. The molecular formula is C12H13F4N. The van der Waals surface area contributed by atoms with Crippen molar-refractivity contribution in [2.24, 2.45) is 0 Å². The molecule has 0 N–H and O–H groups in total. The van der Waals surface area contributed by atoms with Crippen LogP contribution in [-0.4, -0.2) is 18.0 Å². The SMILES string of the molecule is CCN1CCc2c(F)cc(C(F)(F)F)cc2C1. The third-order valence-electron chi connectivity index (χ3n) is 3.13. The molecule has 0 unspecified atom stereocenters. The minimum absolute atomic E-state index is 0.396. The van der Waals surface area contributed by atoms with E-state index >= 15 is 0 Å². The molecule has 0 spiro atoms. The molecule has 0 bridgehead atoms. The first kappa shape index (κ1) is 12.4. The van der Waals surface area contributed by atoms with E-state index in [1.807, 2.05) is 11.8 Å². The van der Waals surface area contributed by atoms with Crippen molar-refractivity contribution in [2.45, 2.75) is 26.1 Å². The summed E-state index contributed by atoms with van der Waals surface area (Å²) in [4.78, 5) is 2.00. The number of fused-ring (bicyclic) bond motifs is 1. The largest absolute Gasteiger partial charge is 0.416 e. The highest BCUT2D eigenvalue weighted by Crippen LogP contribution is 2.33. The van der Waals surface area contributed by atoms with Gasteiger partial charge < -0.3 is 0 Å². The summed E-state index contributed by atoms with van der Waals surface area (Å²) in [7, 11) is 0. The zero-order valence-corrected chi connectivity index (χ0v) is 9.44. The molecule has 0 saturated carbocycles. The topological polar surface area (TPSA) is 3.24 Å². The Morgan fingerprint density at radius 1 is 1.29 bits per heavy atom. The highest BCUT2D eigenvalue weighted by molar-refractivity contribution is 5.36. The molecule has 0 saturated heterocycles. The summed E-state index contributed by atoms with van der Waals surface area (Å²) < 4.78 is 51.2. The van der Waals surface area contributed by atoms with Crippen LogP contribution < -0.4 is 0 Å². The van der Waals surface area contributed by atoms with Crippen molar-refractivity contribution in [2.75, 3.05) is 13.1 Å². The van der Waals surface area contributed by atoms with Gasteiger partial charge in [-0.25, -0.2) is 4.39 Å². The van der Waals surface area contributed by atoms with E-state index in [9.17, 15) is 17.6 Å². The number of rotatable bonds is 1. The first-order valence-electron chi connectivity index (χ1n) is 5.52. The van der Waals surface area contributed by atoms with E-state index in [1.165, 1.54) is 0 Å². The van der Waals surface area contributed by atoms with E-state index in [4.69, 9.17) is 0 Å². The Labute approximate surface area is 97.0 Å². The first-order valence-corrected chi connectivity index (χ1v) is 5.52. The molecule has 1 aromatic carbocycles. The van der Waals surface area contributed by atoms with Gasteiger partial charge in [-0.05, 0) is 36.2 Å². The number of nitrogens with zero attached hydrogens (tertiary/aromatic N) is 1. The van der Waals surface area contributed by atoms with Crippen LogP contribution in [0.4, 0.5) is 17.6 Å². The fourth-order valence-corrected chi connectivity index (χ4v) is 2.14. The molecule has 1 aromatic rings.